The smallest absolute Gasteiger partial charge is 0.374 e. The zero-order chi connectivity index (χ0) is 24.1. The van der Waals surface area contributed by atoms with Crippen molar-refractivity contribution in [1.29, 1.82) is 0 Å². The molecule has 1 saturated heterocycles. The number of anilines is 1. The second-order valence-electron chi connectivity index (χ2n) is 7.34. The van der Waals surface area contributed by atoms with Gasteiger partial charge in [0.1, 0.15) is 11.6 Å². The van der Waals surface area contributed by atoms with Crippen LogP contribution in [0.5, 0.6) is 0 Å². The van der Waals surface area contributed by atoms with Gasteiger partial charge in [0.2, 0.25) is 15.8 Å². The van der Waals surface area contributed by atoms with Crippen molar-refractivity contribution in [2.45, 2.75) is 4.90 Å². The molecule has 1 aliphatic rings. The number of carbonyl (C=O) groups excluding carboxylic acids is 2. The third-order valence-electron chi connectivity index (χ3n) is 5.00. The molecule has 4 rings (SSSR count). The van der Waals surface area contributed by atoms with Gasteiger partial charge < -0.3 is 19.2 Å². The van der Waals surface area contributed by atoms with Crippen LogP contribution in [0, 0.1) is 5.82 Å². The number of sulfonamides is 1. The van der Waals surface area contributed by atoms with Crippen LogP contribution in [0.4, 0.5) is 10.1 Å². The Morgan fingerprint density at radius 1 is 1.03 bits per heavy atom. The van der Waals surface area contributed by atoms with Crippen molar-refractivity contribution < 1.29 is 36.3 Å². The van der Waals surface area contributed by atoms with Gasteiger partial charge in [-0.1, -0.05) is 6.07 Å². The SMILES string of the molecule is O=C(COC(=O)c1ccc(-c2ccc(F)cc2)o1)Nc1cccc(S(=O)(=O)N2CCOCC2)c1. The third kappa shape index (κ3) is 5.50. The Morgan fingerprint density at radius 3 is 2.50 bits per heavy atom. The van der Waals surface area contributed by atoms with Gasteiger partial charge in [-0.15, -0.1) is 0 Å². The lowest BCUT2D eigenvalue weighted by Crippen LogP contribution is -2.40. The molecule has 0 bridgehead atoms. The number of nitrogens with zero attached hydrogens (tertiary/aromatic N) is 1. The number of furan rings is 1. The Labute approximate surface area is 195 Å². The van der Waals surface area contributed by atoms with Crippen molar-refractivity contribution in [2.24, 2.45) is 0 Å². The Kier molecular flexibility index (Phi) is 7.06. The first kappa shape index (κ1) is 23.6. The standard InChI is InChI=1S/C23H21FN2O7S/c24-17-6-4-16(5-7-17)20-8-9-21(33-20)23(28)32-15-22(27)25-18-2-1-3-19(14-18)34(29,30)26-10-12-31-13-11-26/h1-9,14H,10-13,15H2,(H,25,27). The van der Waals surface area contributed by atoms with Gasteiger partial charge in [0.25, 0.3) is 5.91 Å². The molecule has 1 fully saturated rings. The number of amides is 1. The molecule has 1 aliphatic heterocycles. The fourth-order valence-corrected chi connectivity index (χ4v) is 4.74. The third-order valence-corrected chi connectivity index (χ3v) is 6.89. The second kappa shape index (κ2) is 10.2. The molecule has 34 heavy (non-hydrogen) atoms. The summed E-state index contributed by atoms with van der Waals surface area (Å²) in [7, 11) is -3.72. The summed E-state index contributed by atoms with van der Waals surface area (Å²) in [6, 6.07) is 14.3. The minimum atomic E-state index is -3.72. The Bertz CT molecular complexity index is 1280. The molecule has 1 N–H and O–H groups in total. The Balaban J connectivity index is 1.34. The first-order valence-electron chi connectivity index (χ1n) is 10.3. The van der Waals surface area contributed by atoms with E-state index in [0.29, 0.717) is 24.5 Å². The van der Waals surface area contributed by atoms with Crippen LogP contribution < -0.4 is 5.32 Å². The van der Waals surface area contributed by atoms with Crippen LogP contribution in [0.2, 0.25) is 0 Å². The normalized spacial score (nSPS) is 14.5. The van der Waals surface area contributed by atoms with Crippen LogP contribution in [-0.4, -0.2) is 57.5 Å². The minimum absolute atomic E-state index is 0.0353. The highest BCUT2D eigenvalue weighted by Gasteiger charge is 2.26. The van der Waals surface area contributed by atoms with Gasteiger partial charge in [-0.2, -0.15) is 4.31 Å². The highest BCUT2D eigenvalue weighted by atomic mass is 32.2. The van der Waals surface area contributed by atoms with Crippen LogP contribution >= 0.6 is 0 Å². The molecule has 11 heteroatoms. The zero-order valence-corrected chi connectivity index (χ0v) is 18.7. The molecule has 0 radical (unpaired) electrons. The van der Waals surface area contributed by atoms with Gasteiger partial charge in [-0.3, -0.25) is 4.79 Å². The van der Waals surface area contributed by atoms with Crippen LogP contribution in [0.3, 0.4) is 0 Å². The van der Waals surface area contributed by atoms with E-state index in [2.05, 4.69) is 5.32 Å². The van der Waals surface area contributed by atoms with Crippen LogP contribution in [-0.2, 0) is 24.3 Å². The van der Waals surface area contributed by atoms with Crippen LogP contribution in [0.15, 0.2) is 70.0 Å². The molecule has 2 aromatic carbocycles. The monoisotopic (exact) mass is 488 g/mol. The molecule has 0 aliphatic carbocycles. The Hall–Kier alpha value is -3.54. The highest BCUT2D eigenvalue weighted by Crippen LogP contribution is 2.23. The molecule has 1 aromatic heterocycles. The molecule has 0 atom stereocenters. The van der Waals surface area contributed by atoms with Crippen molar-refractivity contribution in [1.82, 2.24) is 4.31 Å². The number of hydrogen-bond donors (Lipinski definition) is 1. The van der Waals surface area contributed by atoms with Gasteiger partial charge in [0.05, 0.1) is 18.1 Å². The van der Waals surface area contributed by atoms with Gasteiger partial charge in [-0.25, -0.2) is 17.6 Å². The fraction of sp³-hybridized carbons (Fsp3) is 0.217. The maximum Gasteiger partial charge on any atom is 0.374 e. The van der Waals surface area contributed by atoms with E-state index in [9.17, 15) is 22.4 Å². The predicted molar refractivity (Wildman–Crippen MR) is 119 cm³/mol. The largest absolute Gasteiger partial charge is 0.450 e. The number of ether oxygens (including phenoxy) is 2. The topological polar surface area (TPSA) is 115 Å². The number of halogens is 1. The maximum absolute atomic E-state index is 13.1. The lowest BCUT2D eigenvalue weighted by atomic mass is 10.2. The number of benzene rings is 2. The zero-order valence-electron chi connectivity index (χ0n) is 17.9. The number of rotatable bonds is 7. The summed E-state index contributed by atoms with van der Waals surface area (Å²) >= 11 is 0. The van der Waals surface area contributed by atoms with Crippen molar-refractivity contribution in [2.75, 3.05) is 38.2 Å². The molecule has 0 unspecified atom stereocenters. The number of hydrogen-bond acceptors (Lipinski definition) is 7. The van der Waals surface area contributed by atoms with Crippen molar-refractivity contribution in [3.8, 4) is 11.3 Å². The fourth-order valence-electron chi connectivity index (χ4n) is 3.29. The van der Waals surface area contributed by atoms with Crippen LogP contribution in [0.1, 0.15) is 10.6 Å². The minimum Gasteiger partial charge on any atom is -0.450 e. The van der Waals surface area contributed by atoms with E-state index < -0.39 is 34.3 Å². The molecular formula is C23H21FN2O7S. The van der Waals surface area contributed by atoms with E-state index in [1.807, 2.05) is 0 Å². The van der Waals surface area contributed by atoms with E-state index >= 15 is 0 Å². The number of nitrogens with one attached hydrogen (secondary N) is 1. The average molecular weight is 488 g/mol. The molecule has 0 saturated carbocycles. The summed E-state index contributed by atoms with van der Waals surface area (Å²) in [5.74, 6) is -1.68. The molecule has 2 heterocycles. The van der Waals surface area contributed by atoms with Gasteiger partial charge in [-0.05, 0) is 54.6 Å². The first-order valence-corrected chi connectivity index (χ1v) is 11.8. The van der Waals surface area contributed by atoms with E-state index in [1.54, 1.807) is 0 Å². The lowest BCUT2D eigenvalue weighted by molar-refractivity contribution is -0.119. The maximum atomic E-state index is 13.1. The summed E-state index contributed by atoms with van der Waals surface area (Å²) in [5.41, 5.74) is 0.817. The molecule has 178 valence electrons. The summed E-state index contributed by atoms with van der Waals surface area (Å²) in [6.45, 7) is 0.547. The highest BCUT2D eigenvalue weighted by molar-refractivity contribution is 7.89. The predicted octanol–water partition coefficient (Wildman–Crippen LogP) is 2.90. The van der Waals surface area contributed by atoms with E-state index in [1.165, 1.54) is 65.0 Å². The quantitative estimate of drug-likeness (QED) is 0.509. The van der Waals surface area contributed by atoms with E-state index in [4.69, 9.17) is 13.9 Å². The van der Waals surface area contributed by atoms with Gasteiger partial charge >= 0.3 is 5.97 Å². The van der Waals surface area contributed by atoms with Gasteiger partial charge in [0, 0.05) is 24.3 Å². The summed E-state index contributed by atoms with van der Waals surface area (Å²) in [5, 5.41) is 2.51. The Morgan fingerprint density at radius 2 is 1.76 bits per heavy atom. The number of esters is 1. The molecule has 0 spiro atoms. The van der Waals surface area contributed by atoms with Crippen molar-refractivity contribution in [3.63, 3.8) is 0 Å². The summed E-state index contributed by atoms with van der Waals surface area (Å²) < 4.78 is 55.5. The summed E-state index contributed by atoms with van der Waals surface area (Å²) in [6.07, 6.45) is 0. The van der Waals surface area contributed by atoms with Gasteiger partial charge in [0.15, 0.2) is 6.61 Å². The molecule has 1 amide bonds. The average Bonchev–Trinajstić information content (AvgIpc) is 3.34. The van der Waals surface area contributed by atoms with E-state index in [0.717, 1.165) is 0 Å². The molecule has 3 aromatic rings. The van der Waals surface area contributed by atoms with E-state index in [-0.39, 0.29) is 29.4 Å². The van der Waals surface area contributed by atoms with Crippen LogP contribution in [0.25, 0.3) is 11.3 Å². The first-order chi connectivity index (χ1) is 16.3. The molecular weight excluding hydrogens is 467 g/mol. The van der Waals surface area contributed by atoms with Crippen molar-refractivity contribution in [3.05, 3.63) is 72.2 Å². The second-order valence-corrected chi connectivity index (χ2v) is 9.28. The van der Waals surface area contributed by atoms with Crippen molar-refractivity contribution >= 4 is 27.6 Å². The lowest BCUT2D eigenvalue weighted by Gasteiger charge is -2.26. The number of carbonyl (C=O) groups is 2. The molecule has 9 nitrogen and oxygen atoms in total. The summed E-state index contributed by atoms with van der Waals surface area (Å²) in [4.78, 5) is 24.5. The number of morpholine rings is 1.